The molecule has 266 valence electrons. The molecular weight excluding hydrogens is 572 g/mol. The van der Waals surface area contributed by atoms with E-state index in [0.29, 0.717) is 19.6 Å². The van der Waals surface area contributed by atoms with E-state index in [0.717, 1.165) is 69.0 Å². The summed E-state index contributed by atoms with van der Waals surface area (Å²) in [5.41, 5.74) is 0.955. The Hall–Kier alpha value is -1.79. The Labute approximate surface area is 284 Å². The molecule has 0 N–H and O–H groups in total. The summed E-state index contributed by atoms with van der Waals surface area (Å²) in [4.78, 5) is 17.3. The van der Waals surface area contributed by atoms with Gasteiger partial charge in [0.15, 0.2) is 11.5 Å². The molecule has 6 nitrogen and oxygen atoms in total. The van der Waals surface area contributed by atoms with Crippen LogP contribution in [0.2, 0.25) is 0 Å². The van der Waals surface area contributed by atoms with Crippen molar-refractivity contribution in [3.8, 4) is 11.5 Å². The summed E-state index contributed by atoms with van der Waals surface area (Å²) < 4.78 is 18.1. The number of piperazine rings is 1. The third-order valence-corrected chi connectivity index (χ3v) is 9.37. The highest BCUT2D eigenvalue weighted by atomic mass is 16.5. The molecule has 0 unspecified atom stereocenters. The second kappa shape index (κ2) is 28.2. The molecule has 0 amide bonds. The summed E-state index contributed by atoms with van der Waals surface area (Å²) in [6.45, 7) is 11.6. The summed E-state index contributed by atoms with van der Waals surface area (Å²) in [6.07, 6.45) is 27.6. The lowest BCUT2D eigenvalue weighted by Gasteiger charge is -2.32. The second-order valence-electron chi connectivity index (χ2n) is 13.8. The number of nitrogens with zero attached hydrogens (tertiary/aromatic N) is 2. The lowest BCUT2D eigenvalue weighted by atomic mass is 10.1. The first-order valence-corrected chi connectivity index (χ1v) is 19.6. The molecule has 1 aromatic rings. The zero-order valence-electron chi connectivity index (χ0n) is 30.5. The number of carbonyl (C=O) groups is 1. The first kappa shape index (κ1) is 40.4. The maximum Gasteiger partial charge on any atom is 0.306 e. The average Bonchev–Trinajstić information content (AvgIpc) is 3.06. The van der Waals surface area contributed by atoms with Gasteiger partial charge in [0.2, 0.25) is 0 Å². The van der Waals surface area contributed by atoms with Crippen molar-refractivity contribution >= 4 is 5.97 Å². The van der Waals surface area contributed by atoms with E-state index in [9.17, 15) is 4.79 Å². The molecule has 0 spiro atoms. The molecule has 1 saturated heterocycles. The van der Waals surface area contributed by atoms with Gasteiger partial charge in [-0.05, 0) is 50.6 Å². The first-order chi connectivity index (χ1) is 22.6. The van der Waals surface area contributed by atoms with E-state index in [2.05, 4.69) is 30.7 Å². The fourth-order valence-electron chi connectivity index (χ4n) is 6.17. The zero-order chi connectivity index (χ0) is 32.9. The van der Waals surface area contributed by atoms with Gasteiger partial charge in [0, 0.05) is 32.6 Å². The van der Waals surface area contributed by atoms with Crippen LogP contribution in [0.25, 0.3) is 0 Å². The Kier molecular flexibility index (Phi) is 24.8. The number of likely N-dealkylation sites (N-methyl/N-ethyl adjacent to an activating group) is 1. The fourth-order valence-corrected chi connectivity index (χ4v) is 6.17. The summed E-state index contributed by atoms with van der Waals surface area (Å²) in [5.74, 6) is 1.47. The summed E-state index contributed by atoms with van der Waals surface area (Å²) in [6, 6.07) is 6.03. The van der Waals surface area contributed by atoms with Crippen LogP contribution in [0.4, 0.5) is 0 Å². The number of benzene rings is 1. The normalized spacial score (nSPS) is 14.1. The monoisotopic (exact) mass is 645 g/mol. The molecular formula is C40H72N2O4. The van der Waals surface area contributed by atoms with Crippen LogP contribution < -0.4 is 9.47 Å². The number of hydrogen-bond acceptors (Lipinski definition) is 6. The van der Waals surface area contributed by atoms with E-state index in [4.69, 9.17) is 14.2 Å². The molecule has 1 aromatic carbocycles. The van der Waals surface area contributed by atoms with Gasteiger partial charge in [-0.25, -0.2) is 0 Å². The van der Waals surface area contributed by atoms with Crippen LogP contribution in [-0.2, 0) is 16.1 Å². The van der Waals surface area contributed by atoms with Crippen LogP contribution in [0.5, 0.6) is 11.5 Å². The maximum absolute atomic E-state index is 12.5. The minimum atomic E-state index is -0.122. The van der Waals surface area contributed by atoms with Crippen LogP contribution >= 0.6 is 0 Å². The van der Waals surface area contributed by atoms with Crippen LogP contribution in [0.1, 0.15) is 161 Å². The fraction of sp³-hybridized carbons (Fsp3) is 0.825. The van der Waals surface area contributed by atoms with E-state index in [1.165, 1.54) is 116 Å². The third-order valence-electron chi connectivity index (χ3n) is 9.37. The predicted molar refractivity (Wildman–Crippen MR) is 194 cm³/mol. The predicted octanol–water partition coefficient (Wildman–Crippen LogP) is 10.4. The molecule has 1 fully saturated rings. The molecule has 0 bridgehead atoms. The van der Waals surface area contributed by atoms with Crippen molar-refractivity contribution in [2.75, 3.05) is 53.0 Å². The topological polar surface area (TPSA) is 51.2 Å². The van der Waals surface area contributed by atoms with Gasteiger partial charge in [0.25, 0.3) is 0 Å². The van der Waals surface area contributed by atoms with E-state index in [1.54, 1.807) is 0 Å². The zero-order valence-corrected chi connectivity index (χ0v) is 30.5. The van der Waals surface area contributed by atoms with Gasteiger partial charge in [-0.15, -0.1) is 0 Å². The largest absolute Gasteiger partial charge is 0.490 e. The van der Waals surface area contributed by atoms with Crippen molar-refractivity contribution in [1.82, 2.24) is 9.80 Å². The highest BCUT2D eigenvalue weighted by Crippen LogP contribution is 2.30. The molecule has 0 atom stereocenters. The Morgan fingerprint density at radius 2 is 1.09 bits per heavy atom. The SMILES string of the molecule is CCCCCCCCCCCCOc1ccc(COC(=O)CCCN2CCN(C)CC2)cc1OCCCCCCCCCCCC. The van der Waals surface area contributed by atoms with E-state index < -0.39 is 0 Å². The molecule has 0 saturated carbocycles. The van der Waals surface area contributed by atoms with Gasteiger partial charge in [0.1, 0.15) is 6.61 Å². The molecule has 1 aliphatic heterocycles. The van der Waals surface area contributed by atoms with Crippen LogP contribution in [-0.4, -0.2) is 68.8 Å². The molecule has 0 aromatic heterocycles. The molecule has 1 aliphatic rings. The number of ether oxygens (including phenoxy) is 3. The summed E-state index contributed by atoms with van der Waals surface area (Å²) >= 11 is 0. The van der Waals surface area contributed by atoms with Crippen molar-refractivity contribution in [3.05, 3.63) is 23.8 Å². The number of esters is 1. The van der Waals surface area contributed by atoms with E-state index >= 15 is 0 Å². The molecule has 1 heterocycles. The van der Waals surface area contributed by atoms with Gasteiger partial charge < -0.3 is 24.0 Å². The molecule has 0 aliphatic carbocycles. The first-order valence-electron chi connectivity index (χ1n) is 19.6. The van der Waals surface area contributed by atoms with Crippen LogP contribution in [0.15, 0.2) is 18.2 Å². The Morgan fingerprint density at radius 3 is 1.61 bits per heavy atom. The van der Waals surface area contributed by atoms with Crippen LogP contribution in [0, 0.1) is 0 Å². The van der Waals surface area contributed by atoms with Gasteiger partial charge in [0.05, 0.1) is 13.2 Å². The van der Waals surface area contributed by atoms with E-state index in [1.807, 2.05) is 18.2 Å². The van der Waals surface area contributed by atoms with Crippen molar-refractivity contribution in [2.45, 2.75) is 162 Å². The summed E-state index contributed by atoms with van der Waals surface area (Å²) in [5, 5.41) is 0. The Balaban J connectivity index is 1.71. The average molecular weight is 645 g/mol. The van der Waals surface area contributed by atoms with Gasteiger partial charge >= 0.3 is 5.97 Å². The van der Waals surface area contributed by atoms with Gasteiger partial charge in [-0.2, -0.15) is 0 Å². The highest BCUT2D eigenvalue weighted by molar-refractivity contribution is 5.69. The van der Waals surface area contributed by atoms with Crippen LogP contribution in [0.3, 0.4) is 0 Å². The van der Waals surface area contributed by atoms with Crippen molar-refractivity contribution in [3.63, 3.8) is 0 Å². The molecule has 0 radical (unpaired) electrons. The summed E-state index contributed by atoms with van der Waals surface area (Å²) in [7, 11) is 2.17. The third kappa shape index (κ3) is 21.2. The second-order valence-corrected chi connectivity index (χ2v) is 13.8. The number of carbonyl (C=O) groups excluding carboxylic acids is 1. The highest BCUT2D eigenvalue weighted by Gasteiger charge is 2.14. The van der Waals surface area contributed by atoms with Gasteiger partial charge in [-0.1, -0.05) is 135 Å². The van der Waals surface area contributed by atoms with Crippen molar-refractivity contribution in [2.24, 2.45) is 0 Å². The molecule has 2 rings (SSSR count). The Bertz CT molecular complexity index is 856. The smallest absolute Gasteiger partial charge is 0.306 e. The number of rotatable bonds is 30. The van der Waals surface area contributed by atoms with Crippen molar-refractivity contribution < 1.29 is 19.0 Å². The number of unbranched alkanes of at least 4 members (excludes halogenated alkanes) is 18. The minimum Gasteiger partial charge on any atom is -0.490 e. The van der Waals surface area contributed by atoms with E-state index in [-0.39, 0.29) is 12.6 Å². The quantitative estimate of drug-likeness (QED) is 0.0614. The lowest BCUT2D eigenvalue weighted by molar-refractivity contribution is -0.145. The number of hydrogen-bond donors (Lipinski definition) is 0. The van der Waals surface area contributed by atoms with Crippen molar-refractivity contribution in [1.29, 1.82) is 0 Å². The molecule has 46 heavy (non-hydrogen) atoms. The molecule has 6 heteroatoms. The lowest BCUT2D eigenvalue weighted by Crippen LogP contribution is -2.44. The Morgan fingerprint density at radius 1 is 0.609 bits per heavy atom. The standard InChI is InChI=1S/C40H72N2O4/c1-4-6-8-10-12-14-16-18-20-22-33-44-38-27-26-37(36-46-40(43)25-24-28-42-31-29-41(3)30-32-42)35-39(38)45-34-23-21-19-17-15-13-11-9-7-5-2/h26-27,35H,4-25,28-34,36H2,1-3H3. The minimum absolute atomic E-state index is 0.122. The maximum atomic E-state index is 12.5. The van der Waals surface area contributed by atoms with Gasteiger partial charge in [-0.3, -0.25) is 4.79 Å².